The Balaban J connectivity index is 2.35. The summed E-state index contributed by atoms with van der Waals surface area (Å²) in [5, 5.41) is 0. The first-order chi connectivity index (χ1) is 8.65. The van der Waals surface area contributed by atoms with Crippen molar-refractivity contribution < 1.29 is 0 Å². The molecular formula is C15H22N2S. The minimum atomic E-state index is 0.472. The number of imidazole rings is 1. The highest BCUT2D eigenvalue weighted by Gasteiger charge is 2.11. The van der Waals surface area contributed by atoms with E-state index in [1.54, 1.807) is 0 Å². The highest BCUT2D eigenvalue weighted by molar-refractivity contribution is 7.71. The Morgan fingerprint density at radius 1 is 1.33 bits per heavy atom. The van der Waals surface area contributed by atoms with Crippen molar-refractivity contribution in [2.24, 2.45) is 0 Å². The van der Waals surface area contributed by atoms with Crippen molar-refractivity contribution in [2.75, 3.05) is 0 Å². The molecule has 0 fully saturated rings. The van der Waals surface area contributed by atoms with Crippen LogP contribution in [0, 0.1) is 11.7 Å². The van der Waals surface area contributed by atoms with E-state index in [0.717, 1.165) is 4.77 Å². The van der Waals surface area contributed by atoms with E-state index in [2.05, 4.69) is 48.5 Å². The molecule has 1 aromatic heterocycles. The van der Waals surface area contributed by atoms with Crippen molar-refractivity contribution in [2.45, 2.75) is 52.5 Å². The fourth-order valence-corrected chi connectivity index (χ4v) is 2.93. The lowest BCUT2D eigenvalue weighted by Crippen LogP contribution is -2.05. The normalized spacial score (nSPS) is 13.1. The number of unbranched alkanes of at least 4 members (excludes halogenated alkanes) is 2. The number of aromatic nitrogens is 2. The number of nitrogens with one attached hydrogen (secondary N) is 1. The van der Waals surface area contributed by atoms with E-state index in [0.29, 0.717) is 6.04 Å². The van der Waals surface area contributed by atoms with Crippen LogP contribution in [0.3, 0.4) is 0 Å². The molecule has 2 rings (SSSR count). The molecule has 0 bridgehead atoms. The third kappa shape index (κ3) is 2.51. The van der Waals surface area contributed by atoms with Gasteiger partial charge in [0.05, 0.1) is 11.0 Å². The van der Waals surface area contributed by atoms with Crippen LogP contribution in [0.5, 0.6) is 0 Å². The number of aryl methyl sites for hydroxylation is 1. The predicted octanol–water partition coefficient (Wildman–Crippen LogP) is 5.15. The average Bonchev–Trinajstić information content (AvgIpc) is 2.67. The number of rotatable bonds is 5. The second-order valence-electron chi connectivity index (χ2n) is 5.11. The second-order valence-corrected chi connectivity index (χ2v) is 5.50. The molecule has 1 heterocycles. The van der Waals surface area contributed by atoms with Crippen molar-refractivity contribution in [3.05, 3.63) is 28.5 Å². The standard InChI is InChI=1S/C15H22N2S/c1-4-5-6-9-12(3)17-13-10-7-8-11(2)14(13)16-15(17)18/h7-8,10,12H,4-6,9H2,1-3H3,(H,16,18). The lowest BCUT2D eigenvalue weighted by molar-refractivity contribution is 0.483. The summed E-state index contributed by atoms with van der Waals surface area (Å²) in [5.41, 5.74) is 3.69. The molecule has 3 heteroatoms. The van der Waals surface area contributed by atoms with Gasteiger partial charge in [0, 0.05) is 6.04 Å². The monoisotopic (exact) mass is 262 g/mol. The highest BCUT2D eigenvalue weighted by Crippen LogP contribution is 2.24. The van der Waals surface area contributed by atoms with Crippen LogP contribution in [0.1, 0.15) is 51.1 Å². The smallest absolute Gasteiger partial charge is 0.178 e. The van der Waals surface area contributed by atoms with Crippen molar-refractivity contribution in [3.8, 4) is 0 Å². The van der Waals surface area contributed by atoms with Gasteiger partial charge in [0.1, 0.15) is 0 Å². The van der Waals surface area contributed by atoms with Gasteiger partial charge in [0.2, 0.25) is 0 Å². The lowest BCUT2D eigenvalue weighted by Gasteiger charge is -2.14. The van der Waals surface area contributed by atoms with E-state index in [1.807, 2.05) is 0 Å². The van der Waals surface area contributed by atoms with Gasteiger partial charge in [-0.25, -0.2) is 0 Å². The number of hydrogen-bond acceptors (Lipinski definition) is 1. The number of hydrogen-bond donors (Lipinski definition) is 1. The summed E-state index contributed by atoms with van der Waals surface area (Å²) in [6.07, 6.45) is 5.05. The van der Waals surface area contributed by atoms with Gasteiger partial charge < -0.3 is 9.55 Å². The van der Waals surface area contributed by atoms with E-state index < -0.39 is 0 Å². The SMILES string of the molecule is CCCCCC(C)n1c(=S)[nH]c2c(C)cccc21. The Bertz CT molecular complexity index is 580. The summed E-state index contributed by atoms with van der Waals surface area (Å²) in [6.45, 7) is 6.63. The van der Waals surface area contributed by atoms with E-state index >= 15 is 0 Å². The zero-order chi connectivity index (χ0) is 13.1. The Morgan fingerprint density at radius 3 is 2.83 bits per heavy atom. The first-order valence-corrected chi connectivity index (χ1v) is 7.25. The average molecular weight is 262 g/mol. The number of para-hydroxylation sites is 1. The minimum absolute atomic E-state index is 0.472. The van der Waals surface area contributed by atoms with Crippen LogP contribution in [-0.2, 0) is 0 Å². The van der Waals surface area contributed by atoms with Crippen LogP contribution >= 0.6 is 12.2 Å². The zero-order valence-corrected chi connectivity index (χ0v) is 12.3. The molecular weight excluding hydrogens is 240 g/mol. The Labute approximate surface area is 114 Å². The van der Waals surface area contributed by atoms with Gasteiger partial charge in [-0.3, -0.25) is 0 Å². The first-order valence-electron chi connectivity index (χ1n) is 6.85. The number of benzene rings is 1. The predicted molar refractivity (Wildman–Crippen MR) is 80.7 cm³/mol. The molecule has 1 aromatic carbocycles. The quantitative estimate of drug-likeness (QED) is 0.584. The summed E-state index contributed by atoms with van der Waals surface area (Å²) in [6, 6.07) is 6.86. The maximum atomic E-state index is 5.48. The second kappa shape index (κ2) is 5.70. The van der Waals surface area contributed by atoms with Crippen LogP contribution in [0.25, 0.3) is 11.0 Å². The molecule has 0 aliphatic heterocycles. The van der Waals surface area contributed by atoms with Crippen LogP contribution in [0.15, 0.2) is 18.2 Å². The van der Waals surface area contributed by atoms with E-state index in [-0.39, 0.29) is 0 Å². The molecule has 0 saturated carbocycles. The Hall–Kier alpha value is -1.09. The molecule has 2 aromatic rings. The summed E-state index contributed by atoms with van der Waals surface area (Å²) < 4.78 is 3.12. The molecule has 1 atom stereocenters. The summed E-state index contributed by atoms with van der Waals surface area (Å²) >= 11 is 5.48. The van der Waals surface area contributed by atoms with Gasteiger partial charge in [-0.1, -0.05) is 38.3 Å². The third-order valence-corrected chi connectivity index (χ3v) is 3.93. The van der Waals surface area contributed by atoms with Crippen molar-refractivity contribution in [1.29, 1.82) is 0 Å². The molecule has 98 valence electrons. The molecule has 0 amide bonds. The van der Waals surface area contributed by atoms with Gasteiger partial charge in [-0.05, 0) is 44.1 Å². The van der Waals surface area contributed by atoms with Crippen molar-refractivity contribution in [3.63, 3.8) is 0 Å². The number of aromatic amines is 1. The molecule has 18 heavy (non-hydrogen) atoms. The van der Waals surface area contributed by atoms with Gasteiger partial charge in [-0.15, -0.1) is 0 Å². The largest absolute Gasteiger partial charge is 0.330 e. The first kappa shape index (κ1) is 13.3. The van der Waals surface area contributed by atoms with Gasteiger partial charge in [-0.2, -0.15) is 0 Å². The van der Waals surface area contributed by atoms with Gasteiger partial charge >= 0.3 is 0 Å². The Morgan fingerprint density at radius 2 is 2.11 bits per heavy atom. The molecule has 0 aliphatic carbocycles. The molecule has 2 nitrogen and oxygen atoms in total. The molecule has 1 unspecified atom stereocenters. The molecule has 0 aliphatic rings. The molecule has 0 spiro atoms. The van der Waals surface area contributed by atoms with Crippen molar-refractivity contribution in [1.82, 2.24) is 9.55 Å². The summed E-state index contributed by atoms with van der Waals surface area (Å²) in [7, 11) is 0. The van der Waals surface area contributed by atoms with Crippen molar-refractivity contribution >= 4 is 23.3 Å². The van der Waals surface area contributed by atoms with Crippen LogP contribution in [0.4, 0.5) is 0 Å². The van der Waals surface area contributed by atoms with Crippen LogP contribution < -0.4 is 0 Å². The van der Waals surface area contributed by atoms with Gasteiger partial charge in [0.25, 0.3) is 0 Å². The maximum absolute atomic E-state index is 5.48. The Kier molecular flexibility index (Phi) is 4.23. The maximum Gasteiger partial charge on any atom is 0.178 e. The van der Waals surface area contributed by atoms with E-state index in [9.17, 15) is 0 Å². The van der Waals surface area contributed by atoms with Crippen LogP contribution in [0.2, 0.25) is 0 Å². The fraction of sp³-hybridized carbons (Fsp3) is 0.533. The highest BCUT2D eigenvalue weighted by atomic mass is 32.1. The van der Waals surface area contributed by atoms with E-state index in [1.165, 1.54) is 42.3 Å². The molecule has 1 N–H and O–H groups in total. The molecule has 0 saturated heterocycles. The van der Waals surface area contributed by atoms with Gasteiger partial charge in [0.15, 0.2) is 4.77 Å². The zero-order valence-electron chi connectivity index (χ0n) is 11.5. The third-order valence-electron chi connectivity index (χ3n) is 3.63. The molecule has 0 radical (unpaired) electrons. The summed E-state index contributed by atoms with van der Waals surface area (Å²) in [5.74, 6) is 0. The topological polar surface area (TPSA) is 20.7 Å². The fourth-order valence-electron chi connectivity index (χ4n) is 2.55. The number of H-pyrrole nitrogens is 1. The minimum Gasteiger partial charge on any atom is -0.330 e. The lowest BCUT2D eigenvalue weighted by atomic mass is 10.1. The van der Waals surface area contributed by atoms with Crippen LogP contribution in [-0.4, -0.2) is 9.55 Å². The number of fused-ring (bicyclic) bond motifs is 1. The summed E-state index contributed by atoms with van der Waals surface area (Å²) in [4.78, 5) is 3.34. The number of nitrogens with zero attached hydrogens (tertiary/aromatic N) is 1. The van der Waals surface area contributed by atoms with E-state index in [4.69, 9.17) is 12.2 Å².